The van der Waals surface area contributed by atoms with Crippen molar-refractivity contribution < 1.29 is 13.6 Å². The van der Waals surface area contributed by atoms with Crippen molar-refractivity contribution in [3.63, 3.8) is 0 Å². The molecule has 8 nitrogen and oxygen atoms in total. The number of benzene rings is 1. The molecule has 0 unspecified atom stereocenters. The first-order valence-electron chi connectivity index (χ1n) is 10.1. The van der Waals surface area contributed by atoms with Crippen LogP contribution in [-0.2, 0) is 6.54 Å². The molecule has 1 amide bonds. The Hall–Kier alpha value is -3.62. The number of carbonyl (C=O) groups excluding carboxylic acids is 1. The van der Waals surface area contributed by atoms with E-state index in [9.17, 15) is 9.18 Å². The zero-order chi connectivity index (χ0) is 21.8. The first-order valence-corrected chi connectivity index (χ1v) is 10.1. The Balaban J connectivity index is 1.34. The van der Waals surface area contributed by atoms with Crippen LogP contribution in [0.15, 0.2) is 58.4 Å². The lowest BCUT2D eigenvalue weighted by atomic mass is 10.2. The molecule has 4 rings (SSSR count). The zero-order valence-corrected chi connectivity index (χ0v) is 17.6. The van der Waals surface area contributed by atoms with Crippen LogP contribution >= 0.6 is 0 Å². The zero-order valence-electron chi connectivity index (χ0n) is 17.6. The number of guanidine groups is 1. The van der Waals surface area contributed by atoms with Crippen molar-refractivity contribution in [3.8, 4) is 5.69 Å². The van der Waals surface area contributed by atoms with Crippen molar-refractivity contribution in [2.75, 3.05) is 33.2 Å². The Morgan fingerprint density at radius 2 is 2.00 bits per heavy atom. The molecule has 1 aliphatic rings. The summed E-state index contributed by atoms with van der Waals surface area (Å²) in [5.41, 5.74) is 1.28. The Kier molecular flexibility index (Phi) is 6.01. The highest BCUT2D eigenvalue weighted by molar-refractivity contribution is 5.91. The topological polar surface area (TPSA) is 78.9 Å². The number of aliphatic imine (C=N–C) groups is 1. The van der Waals surface area contributed by atoms with Gasteiger partial charge >= 0.3 is 0 Å². The van der Waals surface area contributed by atoms with Crippen LogP contribution in [0, 0.1) is 12.7 Å². The van der Waals surface area contributed by atoms with Crippen LogP contribution in [0.25, 0.3) is 5.69 Å². The molecule has 1 aliphatic heterocycles. The van der Waals surface area contributed by atoms with E-state index in [2.05, 4.69) is 20.2 Å². The number of aryl methyl sites for hydroxylation is 1. The van der Waals surface area contributed by atoms with E-state index in [1.54, 1.807) is 47.1 Å². The summed E-state index contributed by atoms with van der Waals surface area (Å²) < 4.78 is 21.5. The van der Waals surface area contributed by atoms with Gasteiger partial charge in [-0.3, -0.25) is 9.79 Å². The molecule has 0 radical (unpaired) electrons. The summed E-state index contributed by atoms with van der Waals surface area (Å²) in [6.45, 7) is 4.74. The lowest BCUT2D eigenvalue weighted by Crippen LogP contribution is -2.53. The molecule has 0 spiro atoms. The summed E-state index contributed by atoms with van der Waals surface area (Å²) in [5.74, 6) is 1.40. The highest BCUT2D eigenvalue weighted by atomic mass is 19.1. The fourth-order valence-electron chi connectivity index (χ4n) is 3.68. The Bertz CT molecular complexity index is 1070. The number of aromatic nitrogens is 2. The van der Waals surface area contributed by atoms with Crippen molar-refractivity contribution in [3.05, 3.63) is 72.0 Å². The number of nitrogens with zero attached hydrogens (tertiary/aromatic N) is 5. The van der Waals surface area contributed by atoms with Gasteiger partial charge in [0.25, 0.3) is 5.91 Å². The van der Waals surface area contributed by atoms with Crippen molar-refractivity contribution in [2.45, 2.75) is 13.5 Å². The van der Waals surface area contributed by atoms with Gasteiger partial charge < -0.3 is 24.1 Å². The molecular formula is C22H25FN6O2. The minimum absolute atomic E-state index is 0.101. The van der Waals surface area contributed by atoms with Crippen LogP contribution < -0.4 is 5.32 Å². The number of imidazole rings is 1. The maximum absolute atomic E-state index is 14.6. The van der Waals surface area contributed by atoms with Crippen molar-refractivity contribution >= 4 is 11.9 Å². The molecule has 2 aromatic heterocycles. The first kappa shape index (κ1) is 20.6. The standard InChI is InChI=1S/C22H25FN6O2/c1-16-25-7-8-29(16)19-6-5-17(14-18(19)23)15-26-22(24-2)28-11-9-27(10-12-28)21(30)20-4-3-13-31-20/h3-8,13-14H,9-12,15H2,1-2H3,(H,24,26). The normalized spacial score (nSPS) is 14.7. The molecule has 0 saturated carbocycles. The van der Waals surface area contributed by atoms with E-state index < -0.39 is 0 Å². The fraction of sp³-hybridized carbons (Fsp3) is 0.318. The largest absolute Gasteiger partial charge is 0.459 e. The fourth-order valence-corrected chi connectivity index (χ4v) is 3.68. The monoisotopic (exact) mass is 424 g/mol. The van der Waals surface area contributed by atoms with Crippen molar-refractivity contribution in [1.82, 2.24) is 24.7 Å². The second kappa shape index (κ2) is 9.03. The second-order valence-corrected chi connectivity index (χ2v) is 7.29. The molecule has 3 aromatic rings. The third-order valence-corrected chi connectivity index (χ3v) is 5.36. The number of hydrogen-bond donors (Lipinski definition) is 1. The minimum Gasteiger partial charge on any atom is -0.459 e. The smallest absolute Gasteiger partial charge is 0.289 e. The Morgan fingerprint density at radius 1 is 1.23 bits per heavy atom. The molecule has 3 heterocycles. The van der Waals surface area contributed by atoms with Gasteiger partial charge in [0, 0.05) is 52.2 Å². The predicted molar refractivity (Wildman–Crippen MR) is 115 cm³/mol. The summed E-state index contributed by atoms with van der Waals surface area (Å²) in [5, 5.41) is 3.29. The van der Waals surface area contributed by atoms with Gasteiger partial charge in [-0.25, -0.2) is 9.37 Å². The molecule has 31 heavy (non-hydrogen) atoms. The number of rotatable bonds is 4. The molecule has 1 N–H and O–H groups in total. The van der Waals surface area contributed by atoms with Gasteiger partial charge in [-0.1, -0.05) is 6.07 Å². The van der Waals surface area contributed by atoms with Crippen LogP contribution in [0.5, 0.6) is 0 Å². The van der Waals surface area contributed by atoms with Crippen molar-refractivity contribution in [1.29, 1.82) is 0 Å². The molecule has 0 atom stereocenters. The third kappa shape index (κ3) is 4.45. The summed E-state index contributed by atoms with van der Waals surface area (Å²) >= 11 is 0. The van der Waals surface area contributed by atoms with E-state index in [1.807, 2.05) is 13.0 Å². The van der Waals surface area contributed by atoms with E-state index in [0.29, 0.717) is 44.2 Å². The van der Waals surface area contributed by atoms with Gasteiger partial charge in [0.1, 0.15) is 11.6 Å². The lowest BCUT2D eigenvalue weighted by molar-refractivity contribution is 0.0657. The molecule has 9 heteroatoms. The summed E-state index contributed by atoms with van der Waals surface area (Å²) in [7, 11) is 1.72. The first-order chi connectivity index (χ1) is 15.1. The van der Waals surface area contributed by atoms with Gasteiger partial charge in [0.05, 0.1) is 12.0 Å². The lowest BCUT2D eigenvalue weighted by Gasteiger charge is -2.36. The number of hydrogen-bond acceptors (Lipinski definition) is 4. The number of nitrogens with one attached hydrogen (secondary N) is 1. The van der Waals surface area contributed by atoms with Crippen LogP contribution in [0.1, 0.15) is 21.9 Å². The maximum atomic E-state index is 14.6. The van der Waals surface area contributed by atoms with Gasteiger partial charge in [0.15, 0.2) is 11.7 Å². The van der Waals surface area contributed by atoms with E-state index >= 15 is 0 Å². The maximum Gasteiger partial charge on any atom is 0.289 e. The highest BCUT2D eigenvalue weighted by Gasteiger charge is 2.25. The molecule has 1 saturated heterocycles. The van der Waals surface area contributed by atoms with E-state index in [0.717, 1.165) is 17.3 Å². The van der Waals surface area contributed by atoms with Gasteiger partial charge in [-0.2, -0.15) is 0 Å². The van der Waals surface area contributed by atoms with Gasteiger partial charge in [0.2, 0.25) is 0 Å². The Labute approximate surface area is 180 Å². The molecule has 0 bridgehead atoms. The average molecular weight is 424 g/mol. The average Bonchev–Trinajstić information content (AvgIpc) is 3.46. The predicted octanol–water partition coefficient (Wildman–Crippen LogP) is 2.45. The third-order valence-electron chi connectivity index (χ3n) is 5.36. The van der Waals surface area contributed by atoms with E-state index in [1.165, 1.54) is 12.3 Å². The molecule has 1 aromatic carbocycles. The number of amides is 1. The molecule has 1 fully saturated rings. The molecule has 0 aliphatic carbocycles. The highest BCUT2D eigenvalue weighted by Crippen LogP contribution is 2.17. The van der Waals surface area contributed by atoms with Crippen LogP contribution in [-0.4, -0.2) is 64.4 Å². The van der Waals surface area contributed by atoms with Gasteiger partial charge in [-0.15, -0.1) is 0 Å². The number of carbonyl (C=O) groups is 1. The quantitative estimate of drug-likeness (QED) is 0.514. The molecule has 162 valence electrons. The van der Waals surface area contributed by atoms with E-state index in [4.69, 9.17) is 4.42 Å². The summed E-state index contributed by atoms with van der Waals surface area (Å²) in [4.78, 5) is 24.8. The number of halogens is 1. The minimum atomic E-state index is -0.305. The Morgan fingerprint density at radius 3 is 2.61 bits per heavy atom. The second-order valence-electron chi connectivity index (χ2n) is 7.29. The van der Waals surface area contributed by atoms with Crippen molar-refractivity contribution in [2.24, 2.45) is 4.99 Å². The summed E-state index contributed by atoms with van der Waals surface area (Å²) in [6.07, 6.45) is 4.89. The number of piperazine rings is 1. The molecular weight excluding hydrogens is 399 g/mol. The van der Waals surface area contributed by atoms with Gasteiger partial charge in [-0.05, 0) is 36.8 Å². The van der Waals surface area contributed by atoms with Crippen LogP contribution in [0.4, 0.5) is 4.39 Å². The van der Waals surface area contributed by atoms with Crippen LogP contribution in [0.2, 0.25) is 0 Å². The van der Waals surface area contributed by atoms with E-state index in [-0.39, 0.29) is 11.7 Å². The summed E-state index contributed by atoms with van der Waals surface area (Å²) in [6, 6.07) is 8.55. The number of furan rings is 1. The van der Waals surface area contributed by atoms with Crippen LogP contribution in [0.3, 0.4) is 0 Å². The SMILES string of the molecule is CN=C(NCc1ccc(-n2ccnc2C)c(F)c1)N1CCN(C(=O)c2ccco2)CC1.